The van der Waals surface area contributed by atoms with E-state index in [1.807, 2.05) is 50.2 Å². The van der Waals surface area contributed by atoms with Crippen molar-refractivity contribution in [2.75, 3.05) is 16.8 Å². The van der Waals surface area contributed by atoms with Crippen molar-refractivity contribution in [3.05, 3.63) is 57.6 Å². The van der Waals surface area contributed by atoms with Gasteiger partial charge in [0.05, 0.1) is 17.9 Å². The summed E-state index contributed by atoms with van der Waals surface area (Å²) in [6.45, 7) is 4.76. The van der Waals surface area contributed by atoms with Crippen LogP contribution in [0.2, 0.25) is 0 Å². The number of rotatable bonds is 1. The van der Waals surface area contributed by atoms with Gasteiger partial charge in [0.1, 0.15) is 17.9 Å². The Kier molecular flexibility index (Phi) is 3.88. The molecule has 6 nitrogen and oxygen atoms in total. The fourth-order valence-corrected chi connectivity index (χ4v) is 7.28. The van der Waals surface area contributed by atoms with Crippen molar-refractivity contribution in [2.24, 2.45) is 11.8 Å². The van der Waals surface area contributed by atoms with E-state index in [0.717, 1.165) is 46.7 Å². The highest BCUT2D eigenvalue weighted by atomic mass is 79.9. The van der Waals surface area contributed by atoms with Gasteiger partial charge in [0.15, 0.2) is 0 Å². The maximum absolute atomic E-state index is 14.0. The van der Waals surface area contributed by atoms with Gasteiger partial charge in [-0.2, -0.15) is 0 Å². The molecule has 158 valence electrons. The lowest BCUT2D eigenvalue weighted by molar-refractivity contribution is -0.948. The van der Waals surface area contributed by atoms with Crippen LogP contribution in [0.1, 0.15) is 29.5 Å². The molecule has 6 rings (SSSR count). The molecule has 0 bridgehead atoms. The summed E-state index contributed by atoms with van der Waals surface area (Å²) in [6, 6.07) is 11.5. The van der Waals surface area contributed by atoms with Crippen molar-refractivity contribution in [2.45, 2.75) is 38.3 Å². The first-order valence-corrected chi connectivity index (χ1v) is 11.6. The molecule has 3 fully saturated rings. The van der Waals surface area contributed by atoms with Crippen LogP contribution in [0.15, 0.2) is 40.9 Å². The van der Waals surface area contributed by atoms with Crippen molar-refractivity contribution in [1.29, 1.82) is 0 Å². The van der Waals surface area contributed by atoms with Crippen LogP contribution in [-0.2, 0) is 19.9 Å². The first-order chi connectivity index (χ1) is 14.9. The van der Waals surface area contributed by atoms with E-state index in [4.69, 9.17) is 0 Å². The number of anilines is 2. The number of imide groups is 1. The maximum atomic E-state index is 14.0. The lowest BCUT2D eigenvalue weighted by Gasteiger charge is -2.33. The van der Waals surface area contributed by atoms with E-state index in [1.54, 1.807) is 0 Å². The molecule has 31 heavy (non-hydrogen) atoms. The van der Waals surface area contributed by atoms with Gasteiger partial charge in [-0.25, -0.2) is 4.90 Å². The number of carbonyl (C=O) groups is 3. The molecule has 1 unspecified atom stereocenters. The normalized spacial score (nSPS) is 33.1. The molecule has 4 aliphatic heterocycles. The molecule has 7 heteroatoms. The van der Waals surface area contributed by atoms with Gasteiger partial charge in [0.25, 0.3) is 5.91 Å². The highest BCUT2D eigenvalue weighted by Crippen LogP contribution is 2.52. The Hall–Kier alpha value is -2.51. The van der Waals surface area contributed by atoms with Crippen LogP contribution < -0.4 is 15.1 Å². The Morgan fingerprint density at radius 3 is 2.58 bits per heavy atom. The minimum absolute atomic E-state index is 0.0205. The predicted octanol–water partition coefficient (Wildman–Crippen LogP) is 2.08. The summed E-state index contributed by atoms with van der Waals surface area (Å²) < 4.78 is 0.714. The van der Waals surface area contributed by atoms with Gasteiger partial charge >= 0.3 is 0 Å². The van der Waals surface area contributed by atoms with Gasteiger partial charge in [0, 0.05) is 22.9 Å². The Bertz CT molecular complexity index is 1190. The minimum Gasteiger partial charge on any atom is -0.320 e. The number of nitrogens with one attached hydrogen (secondary N) is 2. The Morgan fingerprint density at radius 1 is 1.06 bits per heavy atom. The predicted molar refractivity (Wildman–Crippen MR) is 119 cm³/mol. The fraction of sp³-hybridized carbons (Fsp3) is 0.375. The summed E-state index contributed by atoms with van der Waals surface area (Å²) in [5.74, 6) is -1.74. The maximum Gasteiger partial charge on any atom is 0.291 e. The summed E-state index contributed by atoms with van der Waals surface area (Å²) in [6.07, 6.45) is 1.81. The van der Waals surface area contributed by atoms with Crippen LogP contribution in [0.5, 0.6) is 0 Å². The molecule has 4 aliphatic rings. The van der Waals surface area contributed by atoms with E-state index in [2.05, 4.69) is 21.2 Å². The third kappa shape index (κ3) is 2.23. The van der Waals surface area contributed by atoms with Crippen LogP contribution in [0.25, 0.3) is 0 Å². The smallest absolute Gasteiger partial charge is 0.291 e. The standard InChI is InChI=1S/C24H22BrN3O3/c1-12-5-7-16-14(10-12)24(23(31)26-16)20-19(18-4-3-9-27(18)24)21(29)28(22(20)30)17-8-6-13(2)11-15(17)25/h5-8,10-11,18-20H,3-4,9H2,1-2H3,(H,26,31)/p+1/t18-,19+,20-,24-/m0/s1. The van der Waals surface area contributed by atoms with Gasteiger partial charge in [-0.1, -0.05) is 17.7 Å². The topological polar surface area (TPSA) is 70.9 Å². The summed E-state index contributed by atoms with van der Waals surface area (Å²) in [7, 11) is 0. The number of halogens is 1. The molecular formula is C24H23BrN3O3+. The Labute approximate surface area is 188 Å². The first-order valence-electron chi connectivity index (χ1n) is 10.8. The molecule has 4 heterocycles. The number of fused-ring (bicyclic) bond motifs is 7. The number of carbonyl (C=O) groups excluding carboxylic acids is 3. The van der Waals surface area contributed by atoms with Gasteiger partial charge < -0.3 is 10.2 Å². The summed E-state index contributed by atoms with van der Waals surface area (Å²) in [5, 5.41) is 3.04. The largest absolute Gasteiger partial charge is 0.320 e. The molecule has 0 aliphatic carbocycles. The number of aryl methyl sites for hydroxylation is 2. The lowest BCUT2D eigenvalue weighted by Crippen LogP contribution is -3.19. The summed E-state index contributed by atoms with van der Waals surface area (Å²) in [4.78, 5) is 43.8. The minimum atomic E-state index is -1.04. The van der Waals surface area contributed by atoms with E-state index in [1.165, 1.54) is 4.90 Å². The van der Waals surface area contributed by atoms with Gasteiger partial charge in [-0.05, 0) is 59.6 Å². The van der Waals surface area contributed by atoms with Gasteiger partial charge in [-0.3, -0.25) is 14.4 Å². The molecular weight excluding hydrogens is 458 g/mol. The van der Waals surface area contributed by atoms with E-state index in [9.17, 15) is 14.4 Å². The number of benzene rings is 2. The zero-order valence-corrected chi connectivity index (χ0v) is 19.0. The van der Waals surface area contributed by atoms with Crippen molar-refractivity contribution < 1.29 is 19.3 Å². The molecule has 2 aromatic rings. The Balaban J connectivity index is 1.57. The highest BCUT2D eigenvalue weighted by molar-refractivity contribution is 9.10. The number of hydrogen-bond acceptors (Lipinski definition) is 3. The molecule has 2 aromatic carbocycles. The van der Waals surface area contributed by atoms with Crippen LogP contribution in [0.3, 0.4) is 0 Å². The highest BCUT2D eigenvalue weighted by Gasteiger charge is 2.78. The van der Waals surface area contributed by atoms with E-state index in [0.29, 0.717) is 10.2 Å². The van der Waals surface area contributed by atoms with Crippen LogP contribution in [0, 0.1) is 25.7 Å². The second kappa shape index (κ2) is 6.26. The van der Waals surface area contributed by atoms with E-state index < -0.39 is 17.4 Å². The van der Waals surface area contributed by atoms with Crippen LogP contribution in [0.4, 0.5) is 11.4 Å². The zero-order valence-electron chi connectivity index (χ0n) is 17.4. The SMILES string of the molecule is Cc1ccc(N2C(=O)[C@H]3[C@@H](C2=O)[C@@]2(C(=O)Nc4ccc(C)cc42)[NH+]2CCC[C@@H]32)c(Br)c1. The van der Waals surface area contributed by atoms with Crippen LogP contribution in [-0.4, -0.2) is 30.3 Å². The molecule has 0 aromatic heterocycles. The lowest BCUT2D eigenvalue weighted by atomic mass is 9.75. The number of hydrogen-bond donors (Lipinski definition) is 2. The van der Waals surface area contributed by atoms with Gasteiger partial charge in [0.2, 0.25) is 17.4 Å². The number of quaternary nitrogens is 1. The second-order valence-corrected chi connectivity index (χ2v) is 10.2. The molecule has 5 atom stereocenters. The zero-order chi connectivity index (χ0) is 21.7. The average molecular weight is 481 g/mol. The molecule has 3 saturated heterocycles. The van der Waals surface area contributed by atoms with Crippen molar-refractivity contribution in [3.8, 4) is 0 Å². The van der Waals surface area contributed by atoms with Crippen LogP contribution >= 0.6 is 15.9 Å². The molecule has 1 spiro atoms. The number of amides is 3. The molecule has 0 radical (unpaired) electrons. The third-order valence-electron chi connectivity index (χ3n) is 7.72. The van der Waals surface area contributed by atoms with Gasteiger partial charge in [-0.15, -0.1) is 0 Å². The average Bonchev–Trinajstić information content (AvgIpc) is 3.42. The number of nitrogens with zero attached hydrogens (tertiary/aromatic N) is 1. The first kappa shape index (κ1) is 19.2. The molecule has 2 N–H and O–H groups in total. The fourth-order valence-electron chi connectivity index (χ4n) is 6.60. The van der Waals surface area contributed by atoms with E-state index >= 15 is 0 Å². The second-order valence-electron chi connectivity index (χ2n) is 9.31. The quantitative estimate of drug-likeness (QED) is 0.613. The van der Waals surface area contributed by atoms with Crippen molar-refractivity contribution >= 4 is 45.0 Å². The Morgan fingerprint density at radius 2 is 1.81 bits per heavy atom. The van der Waals surface area contributed by atoms with E-state index in [-0.39, 0.29) is 23.8 Å². The molecule has 0 saturated carbocycles. The third-order valence-corrected chi connectivity index (χ3v) is 8.35. The summed E-state index contributed by atoms with van der Waals surface area (Å²) >= 11 is 3.54. The summed E-state index contributed by atoms with van der Waals surface area (Å²) in [5.41, 5.74) is 3.25. The van der Waals surface area contributed by atoms with Crippen molar-refractivity contribution in [3.63, 3.8) is 0 Å². The van der Waals surface area contributed by atoms with Crippen molar-refractivity contribution in [1.82, 2.24) is 0 Å². The molecule has 3 amide bonds. The monoisotopic (exact) mass is 480 g/mol.